The van der Waals surface area contributed by atoms with Gasteiger partial charge in [-0.05, 0) is 76.6 Å². The zero-order valence-electron chi connectivity index (χ0n) is 13.4. The second kappa shape index (κ2) is 7.80. The second-order valence-corrected chi connectivity index (χ2v) is 9.16. The van der Waals surface area contributed by atoms with Crippen molar-refractivity contribution < 1.29 is 0 Å². The lowest BCUT2D eigenvalue weighted by Gasteiger charge is -2.31. The van der Waals surface area contributed by atoms with Crippen molar-refractivity contribution in [3.63, 3.8) is 0 Å². The fraction of sp³-hybridized carbons (Fsp3) is 0.647. The summed E-state index contributed by atoms with van der Waals surface area (Å²) < 4.78 is 3.95. The van der Waals surface area contributed by atoms with Crippen molar-refractivity contribution in [1.82, 2.24) is 4.72 Å². The molecule has 1 aromatic carbocycles. The van der Waals surface area contributed by atoms with Crippen LogP contribution in [-0.4, -0.2) is 17.3 Å². The van der Waals surface area contributed by atoms with E-state index in [0.717, 1.165) is 17.4 Å². The zero-order chi connectivity index (χ0) is 15.3. The molecule has 1 fully saturated rings. The smallest absolute Gasteiger partial charge is 0.0341 e. The molecule has 2 nitrogen and oxygen atoms in total. The lowest BCUT2D eigenvalue weighted by Crippen LogP contribution is -2.33. The molecule has 0 saturated heterocycles. The lowest BCUT2D eigenvalue weighted by molar-refractivity contribution is 0.328. The van der Waals surface area contributed by atoms with Crippen LogP contribution in [0.3, 0.4) is 0 Å². The third-order valence-corrected chi connectivity index (χ3v) is 5.20. The average Bonchev–Trinajstić information content (AvgIpc) is 2.45. The number of rotatable bonds is 5. The van der Waals surface area contributed by atoms with Gasteiger partial charge >= 0.3 is 0 Å². The molecule has 0 heterocycles. The largest absolute Gasteiger partial charge is 0.385 e. The van der Waals surface area contributed by atoms with E-state index in [1.165, 1.54) is 31.4 Å². The Morgan fingerprint density at radius 3 is 2.29 bits per heavy atom. The summed E-state index contributed by atoms with van der Waals surface area (Å²) in [5.74, 6) is 0.804. The quantitative estimate of drug-likeness (QED) is 0.526. The third kappa shape index (κ3) is 6.54. The summed E-state index contributed by atoms with van der Waals surface area (Å²) in [5, 5.41) is 3.55. The first-order valence-corrected chi connectivity index (χ1v) is 9.15. The summed E-state index contributed by atoms with van der Waals surface area (Å²) in [4.78, 5) is 1.02. The van der Waals surface area contributed by atoms with Gasteiger partial charge in [-0.3, -0.25) is 4.72 Å². The lowest BCUT2D eigenvalue weighted by atomic mass is 9.86. The number of anilines is 1. The highest BCUT2D eigenvalue weighted by Gasteiger charge is 2.22. The number of thiol groups is 1. The van der Waals surface area contributed by atoms with Crippen LogP contribution in [0.4, 0.5) is 5.69 Å². The van der Waals surface area contributed by atoms with Gasteiger partial charge in [-0.15, -0.1) is 12.6 Å². The van der Waals surface area contributed by atoms with Gasteiger partial charge in [0, 0.05) is 27.9 Å². The molecule has 0 atom stereocenters. The molecule has 0 aromatic heterocycles. The minimum absolute atomic E-state index is 0.303. The van der Waals surface area contributed by atoms with Gasteiger partial charge in [-0.2, -0.15) is 0 Å². The van der Waals surface area contributed by atoms with Gasteiger partial charge in [0.15, 0.2) is 0 Å². The van der Waals surface area contributed by atoms with Crippen molar-refractivity contribution >= 4 is 30.3 Å². The molecule has 2 rings (SSSR count). The van der Waals surface area contributed by atoms with Crippen molar-refractivity contribution in [3.8, 4) is 0 Å². The molecule has 4 heteroatoms. The molecule has 0 bridgehead atoms. The van der Waals surface area contributed by atoms with E-state index in [9.17, 15) is 0 Å². The molecule has 1 aliphatic carbocycles. The first kappa shape index (κ1) is 17.0. The molecule has 21 heavy (non-hydrogen) atoms. The van der Waals surface area contributed by atoms with E-state index in [1.54, 1.807) is 0 Å². The van der Waals surface area contributed by atoms with Gasteiger partial charge in [0.2, 0.25) is 0 Å². The van der Waals surface area contributed by atoms with Crippen LogP contribution in [0.25, 0.3) is 0 Å². The van der Waals surface area contributed by atoms with Gasteiger partial charge in [0.1, 0.15) is 0 Å². The van der Waals surface area contributed by atoms with Gasteiger partial charge in [0.25, 0.3) is 0 Å². The highest BCUT2D eigenvalue weighted by molar-refractivity contribution is 7.98. The molecule has 118 valence electrons. The second-order valence-electron chi connectivity index (χ2n) is 6.98. The van der Waals surface area contributed by atoms with E-state index in [2.05, 4.69) is 55.6 Å². The summed E-state index contributed by atoms with van der Waals surface area (Å²) in [5.41, 5.74) is 1.20. The predicted octanol–water partition coefficient (Wildman–Crippen LogP) is 4.98. The van der Waals surface area contributed by atoms with Crippen LogP contribution in [0, 0.1) is 5.92 Å². The summed E-state index contributed by atoms with van der Waals surface area (Å²) in [6, 6.07) is 8.98. The Morgan fingerprint density at radius 2 is 1.71 bits per heavy atom. The Bertz CT molecular complexity index is 417. The first-order chi connectivity index (χ1) is 9.92. The van der Waals surface area contributed by atoms with Gasteiger partial charge < -0.3 is 5.32 Å². The molecule has 0 radical (unpaired) electrons. The van der Waals surface area contributed by atoms with Crippen molar-refractivity contribution in [2.75, 3.05) is 11.9 Å². The van der Waals surface area contributed by atoms with Gasteiger partial charge in [-0.25, -0.2) is 0 Å². The Hall–Kier alpha value is -0.320. The van der Waals surface area contributed by atoms with Crippen LogP contribution in [0.5, 0.6) is 0 Å². The van der Waals surface area contributed by atoms with Crippen LogP contribution < -0.4 is 10.0 Å². The third-order valence-electron chi connectivity index (χ3n) is 3.84. The molecule has 1 saturated carbocycles. The number of hydrogen-bond donors (Lipinski definition) is 3. The molecule has 0 unspecified atom stereocenters. The SMILES string of the molecule is CC(C)(C)SNC1CCC(CNc2ccc(S)cc2)CC1. The van der Waals surface area contributed by atoms with Gasteiger partial charge in [-0.1, -0.05) is 11.9 Å². The zero-order valence-corrected chi connectivity index (χ0v) is 15.1. The minimum atomic E-state index is 0.303. The molecular weight excluding hydrogens is 296 g/mol. The topological polar surface area (TPSA) is 24.1 Å². The fourth-order valence-electron chi connectivity index (χ4n) is 2.59. The Kier molecular flexibility index (Phi) is 6.33. The molecular formula is C17H28N2S2. The van der Waals surface area contributed by atoms with Crippen LogP contribution in [0.15, 0.2) is 29.2 Å². The Morgan fingerprint density at radius 1 is 1.10 bits per heavy atom. The summed E-state index contributed by atoms with van der Waals surface area (Å²) >= 11 is 6.19. The maximum Gasteiger partial charge on any atom is 0.0341 e. The van der Waals surface area contributed by atoms with Crippen LogP contribution >= 0.6 is 24.6 Å². The Labute approximate surface area is 139 Å². The van der Waals surface area contributed by atoms with E-state index in [0.29, 0.717) is 10.8 Å². The summed E-state index contributed by atoms with van der Waals surface area (Å²) in [7, 11) is 0. The fourth-order valence-corrected chi connectivity index (χ4v) is 3.49. The molecule has 2 N–H and O–H groups in total. The summed E-state index contributed by atoms with van der Waals surface area (Å²) in [6.07, 6.45) is 5.23. The van der Waals surface area contributed by atoms with E-state index in [-0.39, 0.29) is 0 Å². The maximum atomic E-state index is 4.31. The van der Waals surface area contributed by atoms with Gasteiger partial charge in [0.05, 0.1) is 0 Å². The highest BCUT2D eigenvalue weighted by Crippen LogP contribution is 2.28. The van der Waals surface area contributed by atoms with Crippen LogP contribution in [0.1, 0.15) is 46.5 Å². The molecule has 0 aliphatic heterocycles. The standard InChI is InChI=1S/C17H28N2S2/c1-17(2,3)21-19-15-6-4-13(5-7-15)12-18-14-8-10-16(20)11-9-14/h8-11,13,15,18-20H,4-7,12H2,1-3H3. The van der Waals surface area contributed by atoms with E-state index < -0.39 is 0 Å². The Balaban J connectivity index is 1.66. The normalized spacial score (nSPS) is 23.0. The molecule has 0 amide bonds. The minimum Gasteiger partial charge on any atom is -0.385 e. The van der Waals surface area contributed by atoms with E-state index in [1.807, 2.05) is 24.1 Å². The van der Waals surface area contributed by atoms with Crippen molar-refractivity contribution in [3.05, 3.63) is 24.3 Å². The summed E-state index contributed by atoms with van der Waals surface area (Å²) in [6.45, 7) is 7.87. The van der Waals surface area contributed by atoms with Crippen molar-refractivity contribution in [2.24, 2.45) is 5.92 Å². The number of nitrogens with one attached hydrogen (secondary N) is 2. The van der Waals surface area contributed by atoms with Crippen LogP contribution in [-0.2, 0) is 0 Å². The average molecular weight is 325 g/mol. The van der Waals surface area contributed by atoms with Crippen molar-refractivity contribution in [1.29, 1.82) is 0 Å². The van der Waals surface area contributed by atoms with Crippen LogP contribution in [0.2, 0.25) is 0 Å². The highest BCUT2D eigenvalue weighted by atomic mass is 32.2. The first-order valence-electron chi connectivity index (χ1n) is 7.89. The van der Waals surface area contributed by atoms with E-state index in [4.69, 9.17) is 0 Å². The molecule has 1 aliphatic rings. The van der Waals surface area contributed by atoms with Crippen molar-refractivity contribution in [2.45, 2.75) is 62.1 Å². The maximum absolute atomic E-state index is 4.31. The number of benzene rings is 1. The monoisotopic (exact) mass is 324 g/mol. The molecule has 1 aromatic rings. The molecule has 0 spiro atoms. The number of hydrogen-bond acceptors (Lipinski definition) is 4. The van der Waals surface area contributed by atoms with E-state index >= 15 is 0 Å². The predicted molar refractivity (Wildman–Crippen MR) is 98.4 cm³/mol.